The van der Waals surface area contributed by atoms with Crippen LogP contribution in [0.2, 0.25) is 0 Å². The van der Waals surface area contributed by atoms with Gasteiger partial charge in [0.05, 0.1) is 11.3 Å². The molecule has 0 radical (unpaired) electrons. The highest BCUT2D eigenvalue weighted by atomic mass is 32.2. The Morgan fingerprint density at radius 3 is 2.68 bits per heavy atom. The highest BCUT2D eigenvalue weighted by Gasteiger charge is 2.20. The van der Waals surface area contributed by atoms with Crippen molar-refractivity contribution in [2.45, 2.75) is 32.0 Å². The zero-order valence-electron chi connectivity index (χ0n) is 18.2. The fourth-order valence-electron chi connectivity index (χ4n) is 3.35. The van der Waals surface area contributed by atoms with Gasteiger partial charge in [-0.25, -0.2) is 0 Å². The van der Waals surface area contributed by atoms with Gasteiger partial charge in [0.15, 0.2) is 11.0 Å². The van der Waals surface area contributed by atoms with E-state index in [9.17, 15) is 10.1 Å². The van der Waals surface area contributed by atoms with E-state index in [0.29, 0.717) is 29.7 Å². The summed E-state index contributed by atoms with van der Waals surface area (Å²) < 4.78 is 8.98. The van der Waals surface area contributed by atoms with Crippen molar-refractivity contribution < 1.29 is 9.53 Å². The lowest BCUT2D eigenvalue weighted by molar-refractivity contribution is -0.113. The molecule has 0 bridgehead atoms. The first-order valence-electron chi connectivity index (χ1n) is 9.94. The van der Waals surface area contributed by atoms with E-state index in [0.717, 1.165) is 29.1 Å². The maximum absolute atomic E-state index is 12.7. The smallest absolute Gasteiger partial charge is 0.235 e. The number of nitrogens with zero attached hydrogens (tertiary/aromatic N) is 5. The van der Waals surface area contributed by atoms with Crippen molar-refractivity contribution in [1.82, 2.24) is 19.3 Å². The van der Waals surface area contributed by atoms with E-state index in [2.05, 4.69) is 21.6 Å². The van der Waals surface area contributed by atoms with Crippen LogP contribution in [0.3, 0.4) is 0 Å². The molecule has 0 saturated carbocycles. The minimum Gasteiger partial charge on any atom is -0.385 e. The maximum atomic E-state index is 12.7. The number of aromatic nitrogens is 4. The number of thioether (sulfide) groups is 1. The van der Waals surface area contributed by atoms with E-state index in [1.807, 2.05) is 60.4 Å². The fourth-order valence-corrected chi connectivity index (χ4v) is 4.07. The molecule has 2 heterocycles. The summed E-state index contributed by atoms with van der Waals surface area (Å²) in [5.74, 6) is 1.25. The Morgan fingerprint density at radius 2 is 2.00 bits per heavy atom. The summed E-state index contributed by atoms with van der Waals surface area (Å²) in [7, 11) is 3.54. The van der Waals surface area contributed by atoms with Crippen LogP contribution in [0.15, 0.2) is 35.5 Å². The Kier molecular flexibility index (Phi) is 7.50. The van der Waals surface area contributed by atoms with Gasteiger partial charge in [0.2, 0.25) is 5.91 Å². The van der Waals surface area contributed by atoms with Gasteiger partial charge in [-0.3, -0.25) is 4.79 Å². The minimum atomic E-state index is -0.198. The first-order valence-corrected chi connectivity index (χ1v) is 10.9. The van der Waals surface area contributed by atoms with Gasteiger partial charge >= 0.3 is 0 Å². The lowest BCUT2D eigenvalue weighted by Crippen LogP contribution is -2.19. The van der Waals surface area contributed by atoms with Crippen LogP contribution < -0.4 is 5.32 Å². The van der Waals surface area contributed by atoms with Gasteiger partial charge in [-0.2, -0.15) is 5.26 Å². The van der Waals surface area contributed by atoms with Crippen molar-refractivity contribution in [1.29, 1.82) is 5.26 Å². The normalized spacial score (nSPS) is 10.8. The molecule has 0 aliphatic heterocycles. The number of nitrogens with one attached hydrogen (secondary N) is 1. The lowest BCUT2D eigenvalue weighted by atomic mass is 10.2. The maximum Gasteiger partial charge on any atom is 0.235 e. The van der Waals surface area contributed by atoms with Gasteiger partial charge in [0.25, 0.3) is 0 Å². The highest BCUT2D eigenvalue weighted by molar-refractivity contribution is 7.99. The third kappa shape index (κ3) is 4.98. The van der Waals surface area contributed by atoms with Gasteiger partial charge in [0, 0.05) is 38.6 Å². The van der Waals surface area contributed by atoms with E-state index in [4.69, 9.17) is 4.74 Å². The SMILES string of the molecule is COCCCn1c(C)c(C)c(C#N)c1NC(=O)CSc1nnc(-c2ccccc2)n1C. The van der Waals surface area contributed by atoms with Crippen molar-refractivity contribution in [3.05, 3.63) is 47.2 Å². The quantitative estimate of drug-likeness (QED) is 0.405. The predicted octanol–water partition coefficient (Wildman–Crippen LogP) is 3.54. The summed E-state index contributed by atoms with van der Waals surface area (Å²) in [6, 6.07) is 12.0. The van der Waals surface area contributed by atoms with Gasteiger partial charge in [-0.05, 0) is 25.8 Å². The number of benzene rings is 1. The second kappa shape index (κ2) is 10.3. The summed E-state index contributed by atoms with van der Waals surface area (Å²) in [6.07, 6.45) is 0.787. The first kappa shape index (κ1) is 22.6. The number of carbonyl (C=O) groups is 1. The highest BCUT2D eigenvalue weighted by Crippen LogP contribution is 2.27. The number of ether oxygens (including phenoxy) is 1. The Balaban J connectivity index is 1.71. The third-order valence-electron chi connectivity index (χ3n) is 5.13. The molecule has 1 N–H and O–H groups in total. The number of anilines is 1. The molecular formula is C22H26N6O2S. The van der Waals surface area contributed by atoms with E-state index < -0.39 is 0 Å². The van der Waals surface area contributed by atoms with E-state index >= 15 is 0 Å². The summed E-state index contributed by atoms with van der Waals surface area (Å²) in [5.41, 5.74) is 3.31. The topological polar surface area (TPSA) is 97.8 Å². The average Bonchev–Trinajstić information content (AvgIpc) is 3.25. The van der Waals surface area contributed by atoms with Gasteiger partial charge in [0.1, 0.15) is 11.9 Å². The van der Waals surface area contributed by atoms with Crippen molar-refractivity contribution in [2.24, 2.45) is 7.05 Å². The van der Waals surface area contributed by atoms with Crippen LogP contribution in [0.5, 0.6) is 0 Å². The molecule has 31 heavy (non-hydrogen) atoms. The summed E-state index contributed by atoms with van der Waals surface area (Å²) >= 11 is 1.31. The molecule has 0 aliphatic rings. The van der Waals surface area contributed by atoms with Crippen LogP contribution in [0.4, 0.5) is 5.82 Å². The molecule has 9 heteroatoms. The van der Waals surface area contributed by atoms with Crippen molar-refractivity contribution in [3.8, 4) is 17.5 Å². The standard InChI is InChI=1S/C22H26N6O2S/c1-15-16(2)28(11-8-12-30-4)21(18(15)13-23)24-19(29)14-31-22-26-25-20(27(22)3)17-9-6-5-7-10-17/h5-7,9-10H,8,11-12,14H2,1-4H3,(H,24,29). The second-order valence-electron chi connectivity index (χ2n) is 7.11. The monoisotopic (exact) mass is 438 g/mol. The van der Waals surface area contributed by atoms with Crippen molar-refractivity contribution >= 4 is 23.5 Å². The molecule has 0 aliphatic carbocycles. The lowest BCUT2D eigenvalue weighted by Gasteiger charge is -2.13. The minimum absolute atomic E-state index is 0.160. The number of methoxy groups -OCH3 is 1. The summed E-state index contributed by atoms with van der Waals surface area (Å²) in [4.78, 5) is 12.7. The van der Waals surface area contributed by atoms with Crippen molar-refractivity contribution in [3.63, 3.8) is 0 Å². The Morgan fingerprint density at radius 1 is 1.26 bits per heavy atom. The number of rotatable bonds is 9. The number of hydrogen-bond acceptors (Lipinski definition) is 6. The zero-order valence-corrected chi connectivity index (χ0v) is 19.0. The fraction of sp³-hybridized carbons (Fsp3) is 0.364. The van der Waals surface area contributed by atoms with Crippen LogP contribution in [-0.4, -0.2) is 44.7 Å². The molecule has 1 aromatic carbocycles. The van der Waals surface area contributed by atoms with E-state index in [1.54, 1.807) is 7.11 Å². The Bertz CT molecular complexity index is 1100. The molecule has 2 aromatic heterocycles. The van der Waals surface area contributed by atoms with Crippen molar-refractivity contribution in [2.75, 3.05) is 24.8 Å². The van der Waals surface area contributed by atoms with Crippen LogP contribution in [0.25, 0.3) is 11.4 Å². The van der Waals surface area contributed by atoms with Gasteiger partial charge < -0.3 is 19.2 Å². The predicted molar refractivity (Wildman–Crippen MR) is 121 cm³/mol. The second-order valence-corrected chi connectivity index (χ2v) is 8.05. The van der Waals surface area contributed by atoms with Crippen LogP contribution in [0, 0.1) is 25.2 Å². The number of hydrogen-bond donors (Lipinski definition) is 1. The van der Waals surface area contributed by atoms with Crippen LogP contribution >= 0.6 is 11.8 Å². The molecule has 0 saturated heterocycles. The molecule has 0 fully saturated rings. The largest absolute Gasteiger partial charge is 0.385 e. The molecular weight excluding hydrogens is 412 g/mol. The molecule has 0 atom stereocenters. The first-order chi connectivity index (χ1) is 15.0. The summed E-state index contributed by atoms with van der Waals surface area (Å²) in [5, 5.41) is 21.7. The molecule has 0 unspecified atom stereocenters. The number of carbonyl (C=O) groups excluding carboxylic acids is 1. The van der Waals surface area contributed by atoms with E-state index in [-0.39, 0.29) is 11.7 Å². The van der Waals surface area contributed by atoms with Gasteiger partial charge in [-0.15, -0.1) is 10.2 Å². The zero-order chi connectivity index (χ0) is 22.4. The molecule has 8 nitrogen and oxygen atoms in total. The molecule has 162 valence electrons. The number of amides is 1. The Hall–Kier alpha value is -3.09. The summed E-state index contributed by atoms with van der Waals surface area (Å²) in [6.45, 7) is 5.13. The Labute approximate surface area is 186 Å². The average molecular weight is 439 g/mol. The van der Waals surface area contributed by atoms with Crippen LogP contribution in [-0.2, 0) is 23.1 Å². The van der Waals surface area contributed by atoms with E-state index in [1.165, 1.54) is 11.8 Å². The molecule has 3 aromatic rings. The molecule has 3 rings (SSSR count). The molecule has 1 amide bonds. The van der Waals surface area contributed by atoms with Gasteiger partial charge in [-0.1, -0.05) is 42.1 Å². The molecule has 0 spiro atoms. The third-order valence-corrected chi connectivity index (χ3v) is 6.15. The van der Waals surface area contributed by atoms with Crippen LogP contribution in [0.1, 0.15) is 23.2 Å². The number of nitriles is 1.